The first-order chi connectivity index (χ1) is 14.6. The number of carbonyl (C=O) groups excluding carboxylic acids is 1. The number of ether oxygens (including phenoxy) is 2. The van der Waals surface area contributed by atoms with Gasteiger partial charge in [-0.2, -0.15) is 0 Å². The van der Waals surface area contributed by atoms with E-state index in [-0.39, 0.29) is 5.75 Å². The Morgan fingerprint density at radius 1 is 0.633 bits per heavy atom. The maximum absolute atomic E-state index is 12.8. The highest BCUT2D eigenvalue weighted by Gasteiger charge is 2.19. The molecule has 0 bridgehead atoms. The van der Waals surface area contributed by atoms with Crippen LogP contribution < -0.4 is 9.47 Å². The van der Waals surface area contributed by atoms with Gasteiger partial charge in [0.2, 0.25) is 0 Å². The molecule has 0 saturated carbocycles. The highest BCUT2D eigenvalue weighted by atomic mass is 35.5. The maximum atomic E-state index is 12.8. The zero-order chi connectivity index (χ0) is 20.7. The van der Waals surface area contributed by atoms with Crippen molar-refractivity contribution in [1.82, 2.24) is 0 Å². The van der Waals surface area contributed by atoms with Crippen LogP contribution in [0, 0.1) is 0 Å². The van der Waals surface area contributed by atoms with E-state index in [1.807, 2.05) is 66.7 Å². The van der Waals surface area contributed by atoms with E-state index in [9.17, 15) is 4.79 Å². The molecule has 0 aliphatic carbocycles. The molecule has 0 heterocycles. The van der Waals surface area contributed by atoms with Crippen LogP contribution in [0.3, 0.4) is 0 Å². The van der Waals surface area contributed by atoms with Crippen LogP contribution in [0.4, 0.5) is 4.79 Å². The molecule has 0 unspecified atom stereocenters. The van der Waals surface area contributed by atoms with Gasteiger partial charge in [0, 0.05) is 16.2 Å². The summed E-state index contributed by atoms with van der Waals surface area (Å²) in [6, 6.07) is 26.1. The first kappa shape index (κ1) is 18.7. The Bertz CT molecular complexity index is 1380. The number of carbonyl (C=O) groups is 1. The van der Waals surface area contributed by atoms with Crippen molar-refractivity contribution in [1.29, 1.82) is 0 Å². The van der Waals surface area contributed by atoms with Crippen LogP contribution in [-0.4, -0.2) is 6.16 Å². The largest absolute Gasteiger partial charge is 0.519 e. The minimum Gasteiger partial charge on any atom is -0.394 e. The van der Waals surface area contributed by atoms with Crippen molar-refractivity contribution in [2.45, 2.75) is 0 Å². The molecule has 0 atom stereocenters. The van der Waals surface area contributed by atoms with Gasteiger partial charge in [-0.3, -0.25) is 0 Å². The van der Waals surface area contributed by atoms with Crippen molar-refractivity contribution in [3.05, 3.63) is 95.0 Å². The van der Waals surface area contributed by atoms with Crippen LogP contribution in [0.5, 0.6) is 11.5 Å². The van der Waals surface area contributed by atoms with Gasteiger partial charge in [0.05, 0.1) is 10.0 Å². The Morgan fingerprint density at radius 3 is 1.90 bits per heavy atom. The zero-order valence-electron chi connectivity index (χ0n) is 15.6. The highest BCUT2D eigenvalue weighted by Crippen LogP contribution is 2.42. The Morgan fingerprint density at radius 2 is 1.20 bits per heavy atom. The first-order valence-electron chi connectivity index (χ1n) is 9.29. The van der Waals surface area contributed by atoms with E-state index in [1.165, 1.54) is 0 Å². The molecule has 0 aliphatic rings. The van der Waals surface area contributed by atoms with Crippen LogP contribution in [-0.2, 0) is 0 Å². The van der Waals surface area contributed by atoms with Gasteiger partial charge < -0.3 is 9.47 Å². The van der Waals surface area contributed by atoms with Gasteiger partial charge in [0.1, 0.15) is 5.75 Å². The molecule has 5 aromatic carbocycles. The van der Waals surface area contributed by atoms with Crippen LogP contribution in [0.25, 0.3) is 32.3 Å². The number of fused-ring (bicyclic) bond motifs is 3. The number of rotatable bonds is 2. The van der Waals surface area contributed by atoms with Gasteiger partial charge in [-0.05, 0) is 40.4 Å². The van der Waals surface area contributed by atoms with Crippen molar-refractivity contribution in [2.24, 2.45) is 0 Å². The summed E-state index contributed by atoms with van der Waals surface area (Å²) in [6.07, 6.45) is -0.861. The van der Waals surface area contributed by atoms with Gasteiger partial charge in [-0.15, -0.1) is 0 Å². The van der Waals surface area contributed by atoms with Gasteiger partial charge in [0.25, 0.3) is 0 Å². The van der Waals surface area contributed by atoms with Gasteiger partial charge in [-0.25, -0.2) is 4.79 Å². The van der Waals surface area contributed by atoms with E-state index in [0.717, 1.165) is 21.5 Å². The van der Waals surface area contributed by atoms with Gasteiger partial charge >= 0.3 is 6.16 Å². The molecule has 146 valence electrons. The molecule has 30 heavy (non-hydrogen) atoms. The van der Waals surface area contributed by atoms with Crippen molar-refractivity contribution in [3.8, 4) is 11.5 Å². The van der Waals surface area contributed by atoms with Crippen LogP contribution >= 0.6 is 23.2 Å². The van der Waals surface area contributed by atoms with Crippen molar-refractivity contribution in [2.75, 3.05) is 0 Å². The van der Waals surface area contributed by atoms with Gasteiger partial charge in [0.15, 0.2) is 5.75 Å². The van der Waals surface area contributed by atoms with E-state index < -0.39 is 6.16 Å². The number of benzene rings is 5. The maximum Gasteiger partial charge on any atom is 0.519 e. The molecule has 0 aliphatic heterocycles. The normalized spacial score (nSPS) is 11.1. The minimum absolute atomic E-state index is 0.281. The fourth-order valence-electron chi connectivity index (χ4n) is 3.67. The Labute approximate surface area is 182 Å². The van der Waals surface area contributed by atoms with E-state index in [1.54, 1.807) is 18.2 Å². The molecule has 0 N–H and O–H groups in total. The fraction of sp³-hybridized carbons (Fsp3) is 0. The zero-order valence-corrected chi connectivity index (χ0v) is 17.1. The third-order valence-electron chi connectivity index (χ3n) is 4.99. The average Bonchev–Trinajstić information content (AvgIpc) is 2.74. The fourth-order valence-corrected chi connectivity index (χ4v) is 4.21. The molecule has 0 amide bonds. The van der Waals surface area contributed by atoms with Crippen molar-refractivity contribution < 1.29 is 14.3 Å². The summed E-state index contributed by atoms with van der Waals surface area (Å²) in [5.41, 5.74) is 0. The Hall–Kier alpha value is -3.27. The van der Waals surface area contributed by atoms with E-state index >= 15 is 0 Å². The molecule has 3 nitrogen and oxygen atoms in total. The molecule has 0 spiro atoms. The third-order valence-corrected chi connectivity index (χ3v) is 5.62. The Balaban J connectivity index is 1.62. The molecule has 0 fully saturated rings. The molecule has 5 heteroatoms. The molecule has 0 aromatic heterocycles. The standard InChI is InChI=1S/C25H14Cl2O3/c26-19-11-3-8-16-14-17-9-4-12-20(27)23(17)24(22(16)19)30-25(28)29-21-13-5-7-15-6-1-2-10-18(15)21/h1-14H. The number of halogens is 2. The molecule has 5 rings (SSSR count). The average molecular weight is 433 g/mol. The molecular formula is C25H14Cl2O3. The predicted octanol–water partition coefficient (Wildman–Crippen LogP) is 8.03. The van der Waals surface area contributed by atoms with E-state index in [2.05, 4.69) is 0 Å². The molecular weight excluding hydrogens is 419 g/mol. The number of hydrogen-bond acceptors (Lipinski definition) is 3. The van der Waals surface area contributed by atoms with E-state index in [0.29, 0.717) is 26.6 Å². The molecule has 0 radical (unpaired) electrons. The molecule has 0 saturated heterocycles. The molecule has 5 aromatic rings. The summed E-state index contributed by atoms with van der Waals surface area (Å²) in [5.74, 6) is 0.698. The monoisotopic (exact) mass is 432 g/mol. The summed E-state index contributed by atoms with van der Waals surface area (Å²) in [6.45, 7) is 0. The topological polar surface area (TPSA) is 35.5 Å². The predicted molar refractivity (Wildman–Crippen MR) is 122 cm³/mol. The van der Waals surface area contributed by atoms with Crippen LogP contribution in [0.1, 0.15) is 0 Å². The van der Waals surface area contributed by atoms with Crippen LogP contribution in [0.2, 0.25) is 10.0 Å². The lowest BCUT2D eigenvalue weighted by molar-refractivity contribution is 0.153. The summed E-state index contributed by atoms with van der Waals surface area (Å²) in [7, 11) is 0. The summed E-state index contributed by atoms with van der Waals surface area (Å²) in [4.78, 5) is 12.8. The summed E-state index contributed by atoms with van der Waals surface area (Å²) in [5, 5.41) is 5.59. The quantitative estimate of drug-likeness (QED) is 0.161. The lowest BCUT2D eigenvalue weighted by Gasteiger charge is -2.14. The summed E-state index contributed by atoms with van der Waals surface area (Å²) < 4.78 is 11.3. The highest BCUT2D eigenvalue weighted by molar-refractivity contribution is 6.39. The minimum atomic E-state index is -0.861. The van der Waals surface area contributed by atoms with E-state index in [4.69, 9.17) is 32.7 Å². The van der Waals surface area contributed by atoms with Gasteiger partial charge in [-0.1, -0.05) is 83.9 Å². The summed E-state index contributed by atoms with van der Waals surface area (Å²) >= 11 is 12.9. The second-order valence-electron chi connectivity index (χ2n) is 6.81. The lowest BCUT2D eigenvalue weighted by Crippen LogP contribution is -2.14. The number of hydrogen-bond donors (Lipinski definition) is 0. The first-order valence-corrected chi connectivity index (χ1v) is 10.0. The third kappa shape index (κ3) is 3.22. The second kappa shape index (κ2) is 7.52. The smallest absolute Gasteiger partial charge is 0.394 e. The SMILES string of the molecule is O=C(Oc1cccc2ccccc12)Oc1c2c(Cl)cccc2cc2cccc(Cl)c12. The lowest BCUT2D eigenvalue weighted by atomic mass is 10.0. The van der Waals surface area contributed by atoms with Crippen molar-refractivity contribution >= 4 is 61.7 Å². The van der Waals surface area contributed by atoms with Crippen molar-refractivity contribution in [3.63, 3.8) is 0 Å². The Kier molecular flexibility index (Phi) is 4.70. The van der Waals surface area contributed by atoms with Crippen LogP contribution in [0.15, 0.2) is 84.9 Å². The second-order valence-corrected chi connectivity index (χ2v) is 7.63.